The van der Waals surface area contributed by atoms with Crippen LogP contribution in [0.15, 0.2) is 24.3 Å². The summed E-state index contributed by atoms with van der Waals surface area (Å²) in [5, 5.41) is 10.0. The Hall–Kier alpha value is -1.10. The van der Waals surface area contributed by atoms with Gasteiger partial charge in [0.05, 0.1) is 13.2 Å². The second-order valence-electron chi connectivity index (χ2n) is 5.20. The summed E-state index contributed by atoms with van der Waals surface area (Å²) in [5.74, 6) is 0.805. The summed E-state index contributed by atoms with van der Waals surface area (Å²) >= 11 is 0. The molecule has 0 unspecified atom stereocenters. The van der Waals surface area contributed by atoms with Crippen molar-refractivity contribution in [2.75, 3.05) is 32.9 Å². The van der Waals surface area contributed by atoms with Crippen LogP contribution in [0.1, 0.15) is 12.5 Å². The van der Waals surface area contributed by atoms with Crippen molar-refractivity contribution < 1.29 is 14.6 Å². The third-order valence-electron chi connectivity index (χ3n) is 3.41. The van der Waals surface area contributed by atoms with Gasteiger partial charge >= 0.3 is 0 Å². The van der Waals surface area contributed by atoms with Crippen molar-refractivity contribution in [1.82, 2.24) is 4.90 Å². The van der Waals surface area contributed by atoms with Crippen molar-refractivity contribution in [3.05, 3.63) is 29.8 Å². The molecule has 1 heterocycles. The number of rotatable bonds is 5. The highest BCUT2D eigenvalue weighted by atomic mass is 16.5. The molecule has 0 spiro atoms. The summed E-state index contributed by atoms with van der Waals surface area (Å²) in [6.07, 6.45) is -0.471. The van der Waals surface area contributed by atoms with E-state index in [0.29, 0.717) is 19.2 Å². The molecule has 1 aromatic carbocycles. The number of aliphatic hydroxyl groups is 1. The van der Waals surface area contributed by atoms with Crippen LogP contribution in [0.5, 0.6) is 5.75 Å². The number of ether oxygens (including phenoxy) is 2. The molecule has 1 N–H and O–H groups in total. The fourth-order valence-electron chi connectivity index (χ4n) is 2.18. The first-order chi connectivity index (χ1) is 9.15. The zero-order valence-corrected chi connectivity index (χ0v) is 11.7. The van der Waals surface area contributed by atoms with Crippen LogP contribution in [0.3, 0.4) is 0 Å². The van der Waals surface area contributed by atoms with Gasteiger partial charge in [-0.2, -0.15) is 0 Å². The molecular formula is C15H23NO3. The van der Waals surface area contributed by atoms with Crippen LogP contribution in [-0.4, -0.2) is 55.1 Å². The van der Waals surface area contributed by atoms with Crippen LogP contribution < -0.4 is 4.74 Å². The Balaban J connectivity index is 1.74. The number of aliphatic hydroxyl groups excluding tert-OH is 1. The molecule has 1 fully saturated rings. The molecule has 2 rings (SSSR count). The second kappa shape index (κ2) is 6.89. The van der Waals surface area contributed by atoms with E-state index in [4.69, 9.17) is 9.47 Å². The summed E-state index contributed by atoms with van der Waals surface area (Å²) < 4.78 is 11.0. The van der Waals surface area contributed by atoms with E-state index in [0.717, 1.165) is 25.5 Å². The summed E-state index contributed by atoms with van der Waals surface area (Å²) in [5.41, 5.74) is 1.20. The third kappa shape index (κ3) is 4.49. The number of morpholine rings is 1. The first-order valence-electron chi connectivity index (χ1n) is 6.84. The Labute approximate surface area is 114 Å². The van der Waals surface area contributed by atoms with Crippen LogP contribution in [0.2, 0.25) is 0 Å². The minimum atomic E-state index is -0.471. The lowest BCUT2D eigenvalue weighted by Gasteiger charge is -2.34. The van der Waals surface area contributed by atoms with E-state index >= 15 is 0 Å². The molecule has 0 bridgehead atoms. The number of hydrogen-bond donors (Lipinski definition) is 1. The lowest BCUT2D eigenvalue weighted by Crippen LogP contribution is -2.47. The molecule has 0 radical (unpaired) electrons. The molecule has 1 saturated heterocycles. The number of benzene rings is 1. The molecule has 4 nitrogen and oxygen atoms in total. The number of aryl methyl sites for hydroxylation is 1. The summed E-state index contributed by atoms with van der Waals surface area (Å²) in [4.78, 5) is 2.24. The van der Waals surface area contributed by atoms with Crippen LogP contribution in [0.25, 0.3) is 0 Å². The highest BCUT2D eigenvalue weighted by molar-refractivity contribution is 5.26. The second-order valence-corrected chi connectivity index (χ2v) is 5.20. The molecule has 19 heavy (non-hydrogen) atoms. The molecule has 1 aromatic rings. The van der Waals surface area contributed by atoms with Crippen molar-refractivity contribution in [3.8, 4) is 5.75 Å². The van der Waals surface area contributed by atoms with Gasteiger partial charge in [0.2, 0.25) is 0 Å². The molecule has 0 aliphatic carbocycles. The molecule has 106 valence electrons. The first kappa shape index (κ1) is 14.3. The number of nitrogens with zero attached hydrogens (tertiary/aromatic N) is 1. The topological polar surface area (TPSA) is 41.9 Å². The number of β-amino-alcohol motifs (C(OH)–C–C–N with tert-alkyl or cyclic N) is 1. The van der Waals surface area contributed by atoms with E-state index in [1.807, 2.05) is 31.2 Å². The van der Waals surface area contributed by atoms with Gasteiger partial charge in [-0.05, 0) is 26.0 Å². The van der Waals surface area contributed by atoms with E-state index < -0.39 is 6.10 Å². The molecule has 0 aromatic heterocycles. The average molecular weight is 265 g/mol. The lowest BCUT2D eigenvalue weighted by molar-refractivity contribution is -0.0265. The van der Waals surface area contributed by atoms with E-state index in [1.54, 1.807) is 0 Å². The van der Waals surface area contributed by atoms with Gasteiger partial charge in [0.1, 0.15) is 18.5 Å². The van der Waals surface area contributed by atoms with E-state index in [1.165, 1.54) is 5.56 Å². The fourth-order valence-corrected chi connectivity index (χ4v) is 2.18. The maximum absolute atomic E-state index is 10.0. The SMILES string of the molecule is Cc1ccc(OC[C@@H](O)CN2CCOC[C@H]2C)cc1. The summed E-state index contributed by atoms with van der Waals surface area (Å²) in [6, 6.07) is 8.24. The summed E-state index contributed by atoms with van der Waals surface area (Å²) in [7, 11) is 0. The minimum Gasteiger partial charge on any atom is -0.491 e. The first-order valence-corrected chi connectivity index (χ1v) is 6.84. The maximum atomic E-state index is 10.0. The van der Waals surface area contributed by atoms with E-state index in [-0.39, 0.29) is 0 Å². The Kier molecular flexibility index (Phi) is 5.19. The van der Waals surface area contributed by atoms with Crippen molar-refractivity contribution in [3.63, 3.8) is 0 Å². The fraction of sp³-hybridized carbons (Fsp3) is 0.600. The molecule has 1 aliphatic heterocycles. The van der Waals surface area contributed by atoms with Gasteiger partial charge in [-0.3, -0.25) is 4.90 Å². The molecule has 0 amide bonds. The minimum absolute atomic E-state index is 0.327. The zero-order chi connectivity index (χ0) is 13.7. The summed E-state index contributed by atoms with van der Waals surface area (Å²) in [6.45, 7) is 7.48. The monoisotopic (exact) mass is 265 g/mol. The highest BCUT2D eigenvalue weighted by Gasteiger charge is 2.21. The van der Waals surface area contributed by atoms with Gasteiger partial charge in [0.15, 0.2) is 0 Å². The molecule has 2 atom stereocenters. The van der Waals surface area contributed by atoms with Gasteiger partial charge in [-0.1, -0.05) is 17.7 Å². The predicted octanol–water partition coefficient (Wildman–Crippen LogP) is 1.46. The standard InChI is InChI=1S/C15H23NO3/c1-12-3-5-15(6-4-12)19-11-14(17)9-16-7-8-18-10-13(16)2/h3-6,13-14,17H,7-11H2,1-2H3/t13-,14+/m1/s1. The molecule has 1 aliphatic rings. The Morgan fingerprint density at radius 1 is 1.42 bits per heavy atom. The number of hydrogen-bond acceptors (Lipinski definition) is 4. The third-order valence-corrected chi connectivity index (χ3v) is 3.41. The van der Waals surface area contributed by atoms with Gasteiger partial charge in [-0.25, -0.2) is 0 Å². The maximum Gasteiger partial charge on any atom is 0.119 e. The lowest BCUT2D eigenvalue weighted by atomic mass is 10.2. The largest absolute Gasteiger partial charge is 0.491 e. The van der Waals surface area contributed by atoms with Crippen LogP contribution in [0.4, 0.5) is 0 Å². The Morgan fingerprint density at radius 2 is 2.16 bits per heavy atom. The van der Waals surface area contributed by atoms with Gasteiger partial charge in [0.25, 0.3) is 0 Å². The van der Waals surface area contributed by atoms with Crippen LogP contribution in [-0.2, 0) is 4.74 Å². The van der Waals surface area contributed by atoms with Crippen molar-refractivity contribution in [2.45, 2.75) is 26.0 Å². The Morgan fingerprint density at radius 3 is 2.84 bits per heavy atom. The van der Waals surface area contributed by atoms with Crippen molar-refractivity contribution in [1.29, 1.82) is 0 Å². The van der Waals surface area contributed by atoms with Crippen molar-refractivity contribution >= 4 is 0 Å². The van der Waals surface area contributed by atoms with Gasteiger partial charge < -0.3 is 14.6 Å². The van der Waals surface area contributed by atoms with Crippen molar-refractivity contribution in [2.24, 2.45) is 0 Å². The quantitative estimate of drug-likeness (QED) is 0.875. The average Bonchev–Trinajstić information content (AvgIpc) is 2.41. The molecular weight excluding hydrogens is 242 g/mol. The Bertz CT molecular complexity index is 379. The molecule has 0 saturated carbocycles. The van der Waals surface area contributed by atoms with E-state index in [9.17, 15) is 5.11 Å². The predicted molar refractivity (Wildman–Crippen MR) is 74.5 cm³/mol. The zero-order valence-electron chi connectivity index (χ0n) is 11.7. The highest BCUT2D eigenvalue weighted by Crippen LogP contribution is 2.12. The van der Waals surface area contributed by atoms with E-state index in [2.05, 4.69) is 11.8 Å². The molecule has 4 heteroatoms. The normalized spacial score (nSPS) is 22.2. The van der Waals surface area contributed by atoms with Gasteiger partial charge in [0, 0.05) is 19.1 Å². The smallest absolute Gasteiger partial charge is 0.119 e. The van der Waals surface area contributed by atoms with Gasteiger partial charge in [-0.15, -0.1) is 0 Å². The van der Waals surface area contributed by atoms with Crippen LogP contribution >= 0.6 is 0 Å². The van der Waals surface area contributed by atoms with Crippen LogP contribution in [0, 0.1) is 6.92 Å².